The maximum Gasteiger partial charge on any atom is 0.347 e. The van der Waals surface area contributed by atoms with Crippen LogP contribution in [-0.2, 0) is 19.1 Å². The van der Waals surface area contributed by atoms with Gasteiger partial charge in [0.15, 0.2) is 6.10 Å². The van der Waals surface area contributed by atoms with Crippen LogP contribution < -0.4 is 24.0 Å². The second kappa shape index (κ2) is 11.3. The molecule has 0 rings (SSSR count). The average Bonchev–Trinajstić information content (AvgIpc) is 2.27. The second-order valence-corrected chi connectivity index (χ2v) is 5.77. The minimum Gasteiger partial charge on any atom is -1.00 e. The monoisotopic (exact) mass is 401 g/mol. The van der Waals surface area contributed by atoms with Crippen LogP contribution in [0.2, 0.25) is 0 Å². The molecule has 0 saturated carbocycles. The lowest BCUT2D eigenvalue weighted by molar-refractivity contribution is -0.870. The summed E-state index contributed by atoms with van der Waals surface area (Å²) in [5.41, 5.74) is 0. The number of likely N-dealkylation sites (N-methyl/N-ethyl adjacent to an activating group) is 1. The molecule has 5 nitrogen and oxygen atoms in total. The molecule has 0 radical (unpaired) electrons. The summed E-state index contributed by atoms with van der Waals surface area (Å²) in [5, 5.41) is 0. The predicted molar refractivity (Wildman–Crippen MR) is 73.6 cm³/mol. The summed E-state index contributed by atoms with van der Waals surface area (Å²) in [5.74, 6) is -0.804. The number of rotatable bonds is 9. The molecule has 0 aromatic carbocycles. The fourth-order valence-corrected chi connectivity index (χ4v) is 1.36. The predicted octanol–water partition coefficient (Wildman–Crippen LogP) is -1.25. The van der Waals surface area contributed by atoms with E-state index in [9.17, 15) is 9.59 Å². The third kappa shape index (κ3) is 12.7. The summed E-state index contributed by atoms with van der Waals surface area (Å²) in [7, 11) is 6.06. The number of quaternary nitrogens is 1. The Morgan fingerprint density at radius 3 is 2.25 bits per heavy atom. The average molecular weight is 401 g/mol. The molecule has 0 amide bonds. The van der Waals surface area contributed by atoms with Crippen molar-refractivity contribution < 1.29 is 47.5 Å². The van der Waals surface area contributed by atoms with Gasteiger partial charge >= 0.3 is 11.9 Å². The molecule has 0 bridgehead atoms. The van der Waals surface area contributed by atoms with Crippen molar-refractivity contribution in [3.05, 3.63) is 0 Å². The Balaban J connectivity index is 0. The number of halogens is 1. The lowest BCUT2D eigenvalue weighted by Gasteiger charge is -2.23. The maximum atomic E-state index is 11.6. The highest BCUT2D eigenvalue weighted by atomic mass is 127. The van der Waals surface area contributed by atoms with E-state index in [2.05, 4.69) is 6.92 Å². The zero-order chi connectivity index (χ0) is 14.9. The quantitative estimate of drug-likeness (QED) is 0.210. The molecule has 6 heteroatoms. The lowest BCUT2D eigenvalue weighted by Crippen LogP contribution is -3.00. The van der Waals surface area contributed by atoms with Gasteiger partial charge in [0.05, 0.1) is 21.1 Å². The van der Waals surface area contributed by atoms with Crippen molar-refractivity contribution >= 4 is 11.9 Å². The molecule has 1 unspecified atom stereocenters. The molecule has 0 fully saturated rings. The van der Waals surface area contributed by atoms with Gasteiger partial charge in [-0.05, 0) is 13.3 Å². The number of esters is 2. The number of carbonyl (C=O) groups is 2. The van der Waals surface area contributed by atoms with Crippen LogP contribution in [0.4, 0.5) is 0 Å². The third-order valence-corrected chi connectivity index (χ3v) is 2.63. The Morgan fingerprint density at radius 1 is 1.15 bits per heavy atom. The fraction of sp³-hybridized carbons (Fsp3) is 0.857. The van der Waals surface area contributed by atoms with E-state index in [1.165, 1.54) is 0 Å². The molecule has 0 aliphatic rings. The van der Waals surface area contributed by atoms with E-state index in [0.29, 0.717) is 13.0 Å². The van der Waals surface area contributed by atoms with Crippen LogP contribution in [0, 0.1) is 0 Å². The van der Waals surface area contributed by atoms with E-state index < -0.39 is 12.1 Å². The number of ether oxygens (including phenoxy) is 2. The van der Waals surface area contributed by atoms with Gasteiger partial charge in [0.2, 0.25) is 0 Å². The van der Waals surface area contributed by atoms with Crippen LogP contribution in [0.15, 0.2) is 0 Å². The highest BCUT2D eigenvalue weighted by molar-refractivity contribution is 5.78. The summed E-state index contributed by atoms with van der Waals surface area (Å²) >= 11 is 0. The van der Waals surface area contributed by atoms with Gasteiger partial charge in [-0.25, -0.2) is 4.79 Å². The molecule has 0 aromatic rings. The Labute approximate surface area is 139 Å². The van der Waals surface area contributed by atoms with Gasteiger partial charge in [-0.15, -0.1) is 0 Å². The molecular weight excluding hydrogens is 373 g/mol. The van der Waals surface area contributed by atoms with Gasteiger partial charge < -0.3 is 37.9 Å². The highest BCUT2D eigenvalue weighted by Crippen LogP contribution is 2.04. The molecule has 0 aliphatic heterocycles. The molecule has 20 heavy (non-hydrogen) atoms. The normalized spacial score (nSPS) is 12.2. The number of hydrogen-bond acceptors (Lipinski definition) is 4. The zero-order valence-electron chi connectivity index (χ0n) is 13.3. The molecule has 0 aliphatic carbocycles. The zero-order valence-corrected chi connectivity index (χ0v) is 15.4. The molecule has 0 N–H and O–H groups in total. The largest absolute Gasteiger partial charge is 1.00 e. The number of hydrogen-bond donors (Lipinski definition) is 0. The van der Waals surface area contributed by atoms with Crippen molar-refractivity contribution in [3.8, 4) is 0 Å². The van der Waals surface area contributed by atoms with Crippen molar-refractivity contribution in [3.63, 3.8) is 0 Å². The highest BCUT2D eigenvalue weighted by Gasteiger charge is 2.19. The molecule has 0 aromatic heterocycles. The Morgan fingerprint density at radius 2 is 1.75 bits per heavy atom. The van der Waals surface area contributed by atoms with Crippen LogP contribution in [-0.4, -0.2) is 56.8 Å². The Bertz CT molecular complexity index is 289. The molecule has 0 saturated heterocycles. The first-order chi connectivity index (χ1) is 8.76. The van der Waals surface area contributed by atoms with Gasteiger partial charge in [0.25, 0.3) is 0 Å². The molecule has 0 spiro atoms. The maximum absolute atomic E-state index is 11.6. The first kappa shape index (κ1) is 21.9. The second-order valence-electron chi connectivity index (χ2n) is 5.77. The van der Waals surface area contributed by atoms with Crippen molar-refractivity contribution in [1.29, 1.82) is 0 Å². The topological polar surface area (TPSA) is 52.6 Å². The van der Waals surface area contributed by atoms with Gasteiger partial charge in [-0.2, -0.15) is 0 Å². The van der Waals surface area contributed by atoms with Crippen molar-refractivity contribution in [2.24, 2.45) is 0 Å². The van der Waals surface area contributed by atoms with Crippen molar-refractivity contribution in [2.45, 2.75) is 45.6 Å². The van der Waals surface area contributed by atoms with E-state index in [1.54, 1.807) is 6.92 Å². The number of unbranched alkanes of at least 4 members (excludes halogenated alkanes) is 2. The standard InChI is InChI=1S/C14H28NO4.HI/c1-6-7-8-9-13(16)19-12(2)14(17)18-11-10-15(3,4)5;/h12H,6-11H2,1-5H3;1H/q+1;/p-1. The number of nitrogens with zero attached hydrogens (tertiary/aromatic N) is 1. The van der Waals surface area contributed by atoms with Crippen molar-refractivity contribution in [2.75, 3.05) is 34.3 Å². The molecule has 1 atom stereocenters. The summed E-state index contributed by atoms with van der Waals surface area (Å²) in [4.78, 5) is 23.0. The third-order valence-electron chi connectivity index (χ3n) is 2.63. The van der Waals surface area contributed by atoms with Gasteiger partial charge in [0, 0.05) is 6.42 Å². The van der Waals surface area contributed by atoms with E-state index >= 15 is 0 Å². The number of carbonyl (C=O) groups excluding carboxylic acids is 2. The van der Waals surface area contributed by atoms with E-state index in [0.717, 1.165) is 30.3 Å². The molecular formula is C14H28INO4. The van der Waals surface area contributed by atoms with E-state index in [1.807, 2.05) is 21.1 Å². The van der Waals surface area contributed by atoms with Crippen LogP contribution >= 0.6 is 0 Å². The Hall–Kier alpha value is -0.370. The summed E-state index contributed by atoms with van der Waals surface area (Å²) in [6.45, 7) is 4.67. The smallest absolute Gasteiger partial charge is 0.347 e. The lowest BCUT2D eigenvalue weighted by atomic mass is 10.2. The van der Waals surface area contributed by atoms with Crippen LogP contribution in [0.25, 0.3) is 0 Å². The SMILES string of the molecule is CCCCCC(=O)OC(C)C(=O)OCC[N+](C)(C)C.[I-]. The van der Waals surface area contributed by atoms with Crippen LogP contribution in [0.3, 0.4) is 0 Å². The fourth-order valence-electron chi connectivity index (χ4n) is 1.36. The van der Waals surface area contributed by atoms with Gasteiger partial charge in [0.1, 0.15) is 13.2 Å². The van der Waals surface area contributed by atoms with E-state index in [4.69, 9.17) is 9.47 Å². The molecule has 0 heterocycles. The summed E-state index contributed by atoms with van der Waals surface area (Å²) in [6.07, 6.45) is 2.40. The Kier molecular flexibility index (Phi) is 12.4. The van der Waals surface area contributed by atoms with Crippen LogP contribution in [0.5, 0.6) is 0 Å². The minimum atomic E-state index is -0.818. The van der Waals surface area contributed by atoms with Gasteiger partial charge in [-0.3, -0.25) is 4.79 Å². The summed E-state index contributed by atoms with van der Waals surface area (Å²) < 4.78 is 10.8. The first-order valence-corrected chi connectivity index (χ1v) is 6.93. The molecule has 120 valence electrons. The van der Waals surface area contributed by atoms with Crippen LogP contribution in [0.1, 0.15) is 39.5 Å². The van der Waals surface area contributed by atoms with Crippen molar-refractivity contribution in [1.82, 2.24) is 0 Å². The minimum absolute atomic E-state index is 0. The van der Waals surface area contributed by atoms with E-state index in [-0.39, 0.29) is 29.9 Å². The van der Waals surface area contributed by atoms with Gasteiger partial charge in [-0.1, -0.05) is 19.8 Å². The first-order valence-electron chi connectivity index (χ1n) is 6.93. The summed E-state index contributed by atoms with van der Waals surface area (Å²) in [6, 6.07) is 0.